The quantitative estimate of drug-likeness (QED) is 0.417. The summed E-state index contributed by atoms with van der Waals surface area (Å²) in [5.41, 5.74) is 1.80. The van der Waals surface area contributed by atoms with Gasteiger partial charge in [0.1, 0.15) is 0 Å². The Morgan fingerprint density at radius 3 is 2.39 bits per heavy atom. The Bertz CT molecular complexity index is 1250. The Kier molecular flexibility index (Phi) is 6.55. The van der Waals surface area contributed by atoms with Crippen molar-refractivity contribution in [2.24, 2.45) is 0 Å². The molecule has 0 radical (unpaired) electrons. The number of sulfonamides is 1. The average molecular weight is 468 g/mol. The molecule has 3 aromatic rings. The van der Waals surface area contributed by atoms with Crippen molar-refractivity contribution in [2.45, 2.75) is 37.5 Å². The van der Waals surface area contributed by atoms with Crippen molar-refractivity contribution >= 4 is 27.2 Å². The van der Waals surface area contributed by atoms with Crippen LogP contribution in [-0.4, -0.2) is 36.6 Å². The second kappa shape index (κ2) is 9.53. The molecule has 2 aromatic carbocycles. The van der Waals surface area contributed by atoms with E-state index in [0.717, 1.165) is 37.8 Å². The highest BCUT2D eigenvalue weighted by Gasteiger charge is 2.21. The Hall–Kier alpha value is -3.53. The highest BCUT2D eigenvalue weighted by molar-refractivity contribution is 7.92. The average Bonchev–Trinajstić information content (AvgIpc) is 3.09. The summed E-state index contributed by atoms with van der Waals surface area (Å²) >= 11 is 0. The minimum absolute atomic E-state index is 0.135. The highest BCUT2D eigenvalue weighted by atomic mass is 32.2. The van der Waals surface area contributed by atoms with E-state index in [4.69, 9.17) is 0 Å². The number of anilines is 2. The summed E-state index contributed by atoms with van der Waals surface area (Å²) < 4.78 is 28.4. The lowest BCUT2D eigenvalue weighted by atomic mass is 10.1. The van der Waals surface area contributed by atoms with Gasteiger partial charge in [-0.05, 0) is 49.6 Å². The molecule has 33 heavy (non-hydrogen) atoms. The number of aromatic nitrogens is 2. The maximum Gasteiger partial charge on any atom is 0.270 e. The number of hydrogen-bond donors (Lipinski definition) is 1. The first kappa shape index (κ1) is 22.7. The summed E-state index contributed by atoms with van der Waals surface area (Å²) in [6.07, 6.45) is 4.77. The maximum absolute atomic E-state index is 12.9. The minimum atomic E-state index is -4.02. The third-order valence-electron chi connectivity index (χ3n) is 5.66. The summed E-state index contributed by atoms with van der Waals surface area (Å²) in [6, 6.07) is 14.4. The molecule has 172 valence electrons. The van der Waals surface area contributed by atoms with E-state index >= 15 is 0 Å². The van der Waals surface area contributed by atoms with Crippen LogP contribution in [0.3, 0.4) is 0 Å². The fourth-order valence-corrected chi connectivity index (χ4v) is 5.21. The molecular weight excluding hydrogens is 442 g/mol. The zero-order valence-corrected chi connectivity index (χ0v) is 19.1. The van der Waals surface area contributed by atoms with Gasteiger partial charge in [-0.25, -0.2) is 8.42 Å². The molecule has 4 rings (SSSR count). The lowest BCUT2D eigenvalue weighted by molar-refractivity contribution is -0.385. The fourth-order valence-electron chi connectivity index (χ4n) is 3.89. The molecule has 1 aliphatic heterocycles. The zero-order chi connectivity index (χ0) is 23.4. The number of non-ortho nitro benzene ring substituents is 1. The molecule has 0 saturated carbocycles. The largest absolute Gasteiger partial charge is 0.355 e. The van der Waals surface area contributed by atoms with Gasteiger partial charge in [-0.15, -0.1) is 10.2 Å². The van der Waals surface area contributed by atoms with Gasteiger partial charge in [-0.2, -0.15) is 0 Å². The van der Waals surface area contributed by atoms with Gasteiger partial charge in [0.2, 0.25) is 0 Å². The normalized spacial score (nSPS) is 14.5. The van der Waals surface area contributed by atoms with Gasteiger partial charge >= 0.3 is 0 Å². The number of rotatable bonds is 6. The summed E-state index contributed by atoms with van der Waals surface area (Å²) in [6.45, 7) is 3.54. The molecule has 2 heterocycles. The molecule has 0 spiro atoms. The monoisotopic (exact) mass is 467 g/mol. The zero-order valence-electron chi connectivity index (χ0n) is 18.3. The Balaban J connectivity index is 1.56. The lowest BCUT2D eigenvalue weighted by Gasteiger charge is -2.20. The van der Waals surface area contributed by atoms with E-state index in [2.05, 4.69) is 19.8 Å². The molecule has 0 amide bonds. The van der Waals surface area contributed by atoms with Gasteiger partial charge in [-0.1, -0.05) is 31.0 Å². The third kappa shape index (κ3) is 5.28. The van der Waals surface area contributed by atoms with Gasteiger partial charge in [0.15, 0.2) is 5.82 Å². The van der Waals surface area contributed by atoms with Crippen LogP contribution in [-0.2, 0) is 10.0 Å². The van der Waals surface area contributed by atoms with Crippen LogP contribution in [0.5, 0.6) is 0 Å². The van der Waals surface area contributed by atoms with Crippen molar-refractivity contribution in [1.29, 1.82) is 0 Å². The summed E-state index contributed by atoms with van der Waals surface area (Å²) in [5.74, 6) is 0.846. The highest BCUT2D eigenvalue weighted by Crippen LogP contribution is 2.27. The van der Waals surface area contributed by atoms with Crippen LogP contribution < -0.4 is 9.62 Å². The van der Waals surface area contributed by atoms with Crippen molar-refractivity contribution in [1.82, 2.24) is 10.2 Å². The SMILES string of the molecule is Cc1ccc([N+](=O)[O-])cc1S(=O)(=O)Nc1cccc(-c2ccc(N3CCCCCC3)nn2)c1. The summed E-state index contributed by atoms with van der Waals surface area (Å²) in [4.78, 5) is 12.6. The second-order valence-corrected chi connectivity index (χ2v) is 9.72. The maximum atomic E-state index is 12.9. The van der Waals surface area contributed by atoms with E-state index in [1.807, 2.05) is 18.2 Å². The van der Waals surface area contributed by atoms with Crippen molar-refractivity contribution in [3.63, 3.8) is 0 Å². The van der Waals surface area contributed by atoms with Crippen LogP contribution in [0.15, 0.2) is 59.5 Å². The van der Waals surface area contributed by atoms with Crippen LogP contribution in [0.4, 0.5) is 17.2 Å². The molecule has 0 atom stereocenters. The topological polar surface area (TPSA) is 118 Å². The Labute approximate surface area is 192 Å². The Morgan fingerprint density at radius 2 is 1.73 bits per heavy atom. The van der Waals surface area contributed by atoms with Crippen molar-refractivity contribution < 1.29 is 13.3 Å². The van der Waals surface area contributed by atoms with Gasteiger partial charge in [0, 0.05) is 36.5 Å². The number of nitrogens with zero attached hydrogens (tertiary/aromatic N) is 4. The molecule has 0 bridgehead atoms. The molecule has 10 heteroatoms. The van der Waals surface area contributed by atoms with Crippen LogP contribution in [0.1, 0.15) is 31.2 Å². The van der Waals surface area contributed by atoms with E-state index in [1.54, 1.807) is 25.1 Å². The van der Waals surface area contributed by atoms with Crippen LogP contribution in [0, 0.1) is 17.0 Å². The van der Waals surface area contributed by atoms with Gasteiger partial charge in [0.05, 0.1) is 15.5 Å². The first-order chi connectivity index (χ1) is 15.8. The van der Waals surface area contributed by atoms with Crippen LogP contribution in [0.2, 0.25) is 0 Å². The molecule has 9 nitrogen and oxygen atoms in total. The smallest absolute Gasteiger partial charge is 0.270 e. The first-order valence-corrected chi connectivity index (χ1v) is 12.3. The summed E-state index contributed by atoms with van der Waals surface area (Å²) in [5, 5.41) is 19.8. The van der Waals surface area contributed by atoms with E-state index in [-0.39, 0.29) is 10.6 Å². The Morgan fingerprint density at radius 1 is 0.970 bits per heavy atom. The standard InChI is InChI=1S/C23H25N5O4S/c1-17-9-10-20(28(29)30)16-22(17)33(31,32)26-19-8-6-7-18(15-19)21-11-12-23(25-24-21)27-13-4-2-3-5-14-27/h6-12,15-16,26H,2-5,13-14H2,1H3. The number of benzene rings is 2. The molecular formula is C23H25N5O4S. The molecule has 1 fully saturated rings. The van der Waals surface area contributed by atoms with Gasteiger partial charge < -0.3 is 4.90 Å². The van der Waals surface area contributed by atoms with E-state index in [0.29, 0.717) is 22.5 Å². The predicted octanol–water partition coefficient (Wildman–Crippen LogP) is 4.54. The summed E-state index contributed by atoms with van der Waals surface area (Å²) in [7, 11) is -4.02. The van der Waals surface area contributed by atoms with Crippen molar-refractivity contribution in [2.75, 3.05) is 22.7 Å². The second-order valence-electron chi connectivity index (χ2n) is 8.07. The molecule has 0 aliphatic carbocycles. The number of hydrogen-bond acceptors (Lipinski definition) is 7. The number of nitrogens with one attached hydrogen (secondary N) is 1. The fraction of sp³-hybridized carbons (Fsp3) is 0.304. The van der Waals surface area contributed by atoms with E-state index in [9.17, 15) is 18.5 Å². The third-order valence-corrected chi connectivity index (χ3v) is 7.19. The van der Waals surface area contributed by atoms with E-state index < -0.39 is 14.9 Å². The van der Waals surface area contributed by atoms with Crippen LogP contribution in [0.25, 0.3) is 11.3 Å². The van der Waals surface area contributed by atoms with Crippen LogP contribution >= 0.6 is 0 Å². The number of aryl methyl sites for hydroxylation is 1. The van der Waals surface area contributed by atoms with Gasteiger partial charge in [0.25, 0.3) is 15.7 Å². The molecule has 1 N–H and O–H groups in total. The van der Waals surface area contributed by atoms with Crippen molar-refractivity contribution in [3.8, 4) is 11.3 Å². The number of nitro groups is 1. The minimum Gasteiger partial charge on any atom is -0.355 e. The number of nitro benzene ring substituents is 1. The molecule has 1 aliphatic rings. The lowest BCUT2D eigenvalue weighted by Crippen LogP contribution is -2.25. The first-order valence-electron chi connectivity index (χ1n) is 10.8. The predicted molar refractivity (Wildman–Crippen MR) is 127 cm³/mol. The van der Waals surface area contributed by atoms with Crippen molar-refractivity contribution in [3.05, 3.63) is 70.3 Å². The molecule has 1 aromatic heterocycles. The van der Waals surface area contributed by atoms with Gasteiger partial charge in [-0.3, -0.25) is 14.8 Å². The molecule has 0 unspecified atom stereocenters. The van der Waals surface area contributed by atoms with E-state index in [1.165, 1.54) is 25.0 Å². The molecule has 1 saturated heterocycles.